The van der Waals surface area contributed by atoms with Gasteiger partial charge in [-0.3, -0.25) is 5.43 Å². The summed E-state index contributed by atoms with van der Waals surface area (Å²) in [6.45, 7) is 7.27. The van der Waals surface area contributed by atoms with E-state index in [4.69, 9.17) is 0 Å². The van der Waals surface area contributed by atoms with Gasteiger partial charge in [0, 0.05) is 19.6 Å². The number of nitrogens with one attached hydrogen (secondary N) is 1. The maximum Gasteiger partial charge on any atom is 0.0391 e. The lowest BCUT2D eigenvalue weighted by Gasteiger charge is -2.21. The minimum absolute atomic E-state index is 0.477. The van der Waals surface area contributed by atoms with E-state index >= 15 is 0 Å². The predicted octanol–water partition coefficient (Wildman–Crippen LogP) is 1.41. The quantitative estimate of drug-likeness (QED) is 0.471. The largest absolute Gasteiger partial charge is 0.255 e. The van der Waals surface area contributed by atoms with Crippen LogP contribution in [0.25, 0.3) is 0 Å². The van der Waals surface area contributed by atoms with Gasteiger partial charge in [0.15, 0.2) is 0 Å². The summed E-state index contributed by atoms with van der Waals surface area (Å²) in [6.07, 6.45) is 4.22. The summed E-state index contributed by atoms with van der Waals surface area (Å²) in [7, 11) is 2.05. The first-order valence-corrected chi connectivity index (χ1v) is 3.81. The van der Waals surface area contributed by atoms with Crippen molar-refractivity contribution in [3.05, 3.63) is 12.2 Å². The zero-order valence-corrected chi connectivity index (χ0v) is 7.39. The Bertz CT molecular complexity index is 99.4. The number of hydrogen-bond donors (Lipinski definition) is 1. The molecule has 1 unspecified atom stereocenters. The van der Waals surface area contributed by atoms with Gasteiger partial charge in [0.1, 0.15) is 0 Å². The molecule has 1 atom stereocenters. The summed E-state index contributed by atoms with van der Waals surface area (Å²) in [5, 5.41) is 2.10. The van der Waals surface area contributed by atoms with Crippen LogP contribution >= 0.6 is 0 Å². The highest BCUT2D eigenvalue weighted by atomic mass is 15.5. The molecular weight excluding hydrogens is 124 g/mol. The molecule has 0 aromatic rings. The molecule has 0 saturated carbocycles. The second-order valence-corrected chi connectivity index (χ2v) is 2.39. The molecule has 0 amide bonds. The molecule has 0 saturated heterocycles. The fourth-order valence-corrected chi connectivity index (χ4v) is 0.801. The Kier molecular flexibility index (Phi) is 5.26. The summed E-state index contributed by atoms with van der Waals surface area (Å²) < 4.78 is 0. The fourth-order valence-electron chi connectivity index (χ4n) is 0.801. The van der Waals surface area contributed by atoms with Crippen LogP contribution in [-0.4, -0.2) is 24.6 Å². The van der Waals surface area contributed by atoms with Crippen LogP contribution in [0, 0.1) is 0 Å². The molecule has 0 aromatic carbocycles. The Morgan fingerprint density at radius 2 is 2.20 bits per heavy atom. The van der Waals surface area contributed by atoms with Crippen molar-refractivity contribution in [3.63, 3.8) is 0 Å². The van der Waals surface area contributed by atoms with Crippen LogP contribution < -0.4 is 5.43 Å². The van der Waals surface area contributed by atoms with Crippen molar-refractivity contribution >= 4 is 0 Å². The molecule has 0 fully saturated rings. The predicted molar refractivity (Wildman–Crippen MR) is 45.7 cm³/mol. The minimum Gasteiger partial charge on any atom is -0.255 e. The van der Waals surface area contributed by atoms with Gasteiger partial charge in [0.2, 0.25) is 0 Å². The van der Waals surface area contributed by atoms with E-state index in [0.717, 1.165) is 6.54 Å². The molecule has 0 heterocycles. The topological polar surface area (TPSA) is 15.3 Å². The second-order valence-electron chi connectivity index (χ2n) is 2.39. The molecule has 0 aliphatic carbocycles. The lowest BCUT2D eigenvalue weighted by atomic mass is 10.3. The lowest BCUT2D eigenvalue weighted by Crippen LogP contribution is -2.39. The number of allylic oxidation sites excluding steroid dienone is 1. The molecule has 2 heteroatoms. The summed E-state index contributed by atoms with van der Waals surface area (Å²) in [6, 6.07) is 0.477. The van der Waals surface area contributed by atoms with E-state index in [9.17, 15) is 0 Å². The van der Waals surface area contributed by atoms with E-state index in [1.54, 1.807) is 0 Å². The van der Waals surface area contributed by atoms with Crippen molar-refractivity contribution in [1.82, 2.24) is 10.4 Å². The van der Waals surface area contributed by atoms with E-state index in [2.05, 4.69) is 36.4 Å². The average Bonchev–Trinajstić information content (AvgIpc) is 1.89. The van der Waals surface area contributed by atoms with Gasteiger partial charge in [-0.05, 0) is 13.8 Å². The lowest BCUT2D eigenvalue weighted by molar-refractivity contribution is 0.210. The number of likely N-dealkylation sites (N-methyl/N-ethyl adjacent to an activating group) is 1. The molecule has 10 heavy (non-hydrogen) atoms. The molecule has 60 valence electrons. The summed E-state index contributed by atoms with van der Waals surface area (Å²) in [4.78, 5) is 0. The van der Waals surface area contributed by atoms with Crippen LogP contribution in [0.4, 0.5) is 0 Å². The Hall–Kier alpha value is -0.340. The molecule has 0 aliphatic rings. The fraction of sp³-hybridized carbons (Fsp3) is 0.750. The Balaban J connectivity index is 3.58. The van der Waals surface area contributed by atoms with Crippen LogP contribution in [0.3, 0.4) is 0 Å². The SMILES string of the molecule is CC=CC(C)N(C)NCC. The highest BCUT2D eigenvalue weighted by Gasteiger charge is 2.00. The van der Waals surface area contributed by atoms with E-state index in [-0.39, 0.29) is 0 Å². The summed E-state index contributed by atoms with van der Waals surface area (Å²) in [5.74, 6) is 0. The zero-order valence-electron chi connectivity index (χ0n) is 7.39. The molecule has 2 nitrogen and oxygen atoms in total. The molecule has 0 rings (SSSR count). The van der Waals surface area contributed by atoms with Crippen LogP contribution in [0.15, 0.2) is 12.2 Å². The second kappa shape index (κ2) is 5.45. The average molecular weight is 142 g/mol. The van der Waals surface area contributed by atoms with Gasteiger partial charge in [-0.15, -0.1) is 0 Å². The van der Waals surface area contributed by atoms with E-state index < -0.39 is 0 Å². The van der Waals surface area contributed by atoms with Gasteiger partial charge >= 0.3 is 0 Å². The van der Waals surface area contributed by atoms with Crippen molar-refractivity contribution in [2.75, 3.05) is 13.6 Å². The van der Waals surface area contributed by atoms with Crippen molar-refractivity contribution in [2.45, 2.75) is 26.8 Å². The first kappa shape index (κ1) is 9.66. The van der Waals surface area contributed by atoms with Gasteiger partial charge < -0.3 is 0 Å². The molecule has 0 aliphatic heterocycles. The van der Waals surface area contributed by atoms with Gasteiger partial charge in [0.05, 0.1) is 0 Å². The standard InChI is InChI=1S/C8H18N2/c1-5-7-8(3)10(4)9-6-2/h5,7-9H,6H2,1-4H3. The van der Waals surface area contributed by atoms with Crippen LogP contribution in [0.5, 0.6) is 0 Å². The third-order valence-corrected chi connectivity index (χ3v) is 1.49. The third-order valence-electron chi connectivity index (χ3n) is 1.49. The Labute approximate surface area is 63.9 Å². The maximum atomic E-state index is 3.21. The van der Waals surface area contributed by atoms with Gasteiger partial charge in [-0.1, -0.05) is 19.1 Å². The molecule has 0 radical (unpaired) electrons. The highest BCUT2D eigenvalue weighted by molar-refractivity contribution is 4.87. The molecule has 0 bridgehead atoms. The van der Waals surface area contributed by atoms with Crippen LogP contribution in [0.2, 0.25) is 0 Å². The van der Waals surface area contributed by atoms with E-state index in [0.29, 0.717) is 6.04 Å². The summed E-state index contributed by atoms with van der Waals surface area (Å²) in [5.41, 5.74) is 3.21. The maximum absolute atomic E-state index is 3.21. The first-order chi connectivity index (χ1) is 4.72. The van der Waals surface area contributed by atoms with Crippen LogP contribution in [-0.2, 0) is 0 Å². The van der Waals surface area contributed by atoms with Crippen molar-refractivity contribution in [2.24, 2.45) is 0 Å². The third kappa shape index (κ3) is 3.64. The smallest absolute Gasteiger partial charge is 0.0391 e. The van der Waals surface area contributed by atoms with Crippen molar-refractivity contribution in [1.29, 1.82) is 0 Å². The zero-order chi connectivity index (χ0) is 7.98. The number of nitrogens with zero attached hydrogens (tertiary/aromatic N) is 1. The molecule has 0 spiro atoms. The summed E-state index contributed by atoms with van der Waals surface area (Å²) >= 11 is 0. The number of rotatable bonds is 4. The van der Waals surface area contributed by atoms with Gasteiger partial charge in [-0.25, -0.2) is 5.01 Å². The van der Waals surface area contributed by atoms with Crippen molar-refractivity contribution < 1.29 is 0 Å². The highest BCUT2D eigenvalue weighted by Crippen LogP contribution is 1.92. The minimum atomic E-state index is 0.477. The number of hydrazine groups is 1. The van der Waals surface area contributed by atoms with Crippen LogP contribution in [0.1, 0.15) is 20.8 Å². The molecule has 0 aromatic heterocycles. The molecular formula is C8H18N2. The Morgan fingerprint density at radius 1 is 1.60 bits per heavy atom. The van der Waals surface area contributed by atoms with Gasteiger partial charge in [0.25, 0.3) is 0 Å². The van der Waals surface area contributed by atoms with E-state index in [1.165, 1.54) is 0 Å². The Morgan fingerprint density at radius 3 is 2.60 bits per heavy atom. The number of hydrogen-bond acceptors (Lipinski definition) is 2. The normalized spacial score (nSPS) is 14.9. The van der Waals surface area contributed by atoms with Gasteiger partial charge in [-0.2, -0.15) is 0 Å². The monoisotopic (exact) mass is 142 g/mol. The van der Waals surface area contributed by atoms with Crippen molar-refractivity contribution in [3.8, 4) is 0 Å². The van der Waals surface area contributed by atoms with E-state index in [1.807, 2.05) is 14.0 Å². The molecule has 1 N–H and O–H groups in total. The first-order valence-electron chi connectivity index (χ1n) is 3.81.